The highest BCUT2D eigenvalue weighted by Gasteiger charge is 2.16. The van der Waals surface area contributed by atoms with Crippen LogP contribution in [0.1, 0.15) is 0 Å². The van der Waals surface area contributed by atoms with Crippen LogP contribution in [0, 0.1) is 10.1 Å². The molecule has 0 saturated carbocycles. The Balaban J connectivity index is 2.97. The van der Waals surface area contributed by atoms with Gasteiger partial charge in [-0.3, -0.25) is 20.4 Å². The number of benzene rings is 1. The van der Waals surface area contributed by atoms with Crippen molar-refractivity contribution in [3.8, 4) is 0 Å². The molecule has 0 unspecified atom stereocenters. The fraction of sp³-hybridized carbons (Fsp3) is 0.250. The van der Waals surface area contributed by atoms with E-state index >= 15 is 0 Å². The highest BCUT2D eigenvalue weighted by Crippen LogP contribution is 2.18. The van der Waals surface area contributed by atoms with E-state index in [4.69, 9.17) is 0 Å². The van der Waals surface area contributed by atoms with Crippen LogP contribution in [-0.2, 0) is 14.9 Å². The van der Waals surface area contributed by atoms with Crippen molar-refractivity contribution in [2.24, 2.45) is 4.99 Å². The van der Waals surface area contributed by atoms with E-state index in [1.54, 1.807) is 0 Å². The standard InChI is InChI=1S/C12H16N4O5S/c1-15(2)22(19,20)12-6-4-10(5-7-12)13-8-11(16(17)18)9-14-21-3/h4-9,14H,1-3H3/b11-9-,13-8?. The molecule has 0 spiro atoms. The molecule has 0 fully saturated rings. The Morgan fingerprint density at radius 2 is 1.95 bits per heavy atom. The van der Waals surface area contributed by atoms with Crippen LogP contribution in [0.4, 0.5) is 5.69 Å². The molecule has 0 aliphatic carbocycles. The highest BCUT2D eigenvalue weighted by atomic mass is 32.2. The monoisotopic (exact) mass is 328 g/mol. The number of hydrogen-bond acceptors (Lipinski definition) is 7. The first-order valence-electron chi connectivity index (χ1n) is 5.98. The summed E-state index contributed by atoms with van der Waals surface area (Å²) in [4.78, 5) is 18.6. The largest absolute Gasteiger partial charge is 0.305 e. The van der Waals surface area contributed by atoms with E-state index in [9.17, 15) is 18.5 Å². The van der Waals surface area contributed by atoms with Crippen LogP contribution >= 0.6 is 0 Å². The van der Waals surface area contributed by atoms with Gasteiger partial charge in [-0.05, 0) is 24.3 Å². The predicted molar refractivity (Wildman–Crippen MR) is 80.7 cm³/mol. The van der Waals surface area contributed by atoms with E-state index in [0.29, 0.717) is 5.69 Å². The lowest BCUT2D eigenvalue weighted by Crippen LogP contribution is -2.21. The molecule has 120 valence electrons. The Bertz CT molecular complexity index is 680. The fourth-order valence-electron chi connectivity index (χ4n) is 1.31. The average molecular weight is 328 g/mol. The van der Waals surface area contributed by atoms with Crippen molar-refractivity contribution in [2.75, 3.05) is 21.2 Å². The number of allylic oxidation sites excluding steroid dienone is 1. The van der Waals surface area contributed by atoms with E-state index in [1.807, 2.05) is 0 Å². The van der Waals surface area contributed by atoms with Gasteiger partial charge in [-0.1, -0.05) is 0 Å². The number of nitrogens with one attached hydrogen (secondary N) is 1. The van der Waals surface area contributed by atoms with E-state index in [-0.39, 0.29) is 10.6 Å². The zero-order valence-corrected chi connectivity index (χ0v) is 13.1. The highest BCUT2D eigenvalue weighted by molar-refractivity contribution is 7.89. The maximum absolute atomic E-state index is 11.9. The van der Waals surface area contributed by atoms with Crippen molar-refractivity contribution in [1.29, 1.82) is 0 Å². The van der Waals surface area contributed by atoms with Gasteiger partial charge in [-0.25, -0.2) is 17.7 Å². The van der Waals surface area contributed by atoms with Crippen molar-refractivity contribution in [1.82, 2.24) is 9.79 Å². The third-order valence-corrected chi connectivity index (χ3v) is 4.33. The smallest absolute Gasteiger partial charge is 0.280 e. The third kappa shape index (κ3) is 4.62. The Morgan fingerprint density at radius 3 is 2.41 bits per heavy atom. The van der Waals surface area contributed by atoms with Gasteiger partial charge in [0.2, 0.25) is 10.0 Å². The lowest BCUT2D eigenvalue weighted by molar-refractivity contribution is -0.415. The molecule has 0 aromatic heterocycles. The Hall–Kier alpha value is -2.30. The summed E-state index contributed by atoms with van der Waals surface area (Å²) in [6, 6.07) is 5.66. The molecule has 0 aliphatic heterocycles. The van der Waals surface area contributed by atoms with Gasteiger partial charge in [0, 0.05) is 14.1 Å². The summed E-state index contributed by atoms with van der Waals surface area (Å²) in [5.74, 6) is 0. The molecular formula is C12H16N4O5S. The number of nitro groups is 1. The van der Waals surface area contributed by atoms with Crippen LogP contribution in [0.25, 0.3) is 0 Å². The molecule has 0 saturated heterocycles. The first kappa shape index (κ1) is 17.8. The molecule has 0 atom stereocenters. The molecule has 0 radical (unpaired) electrons. The van der Waals surface area contributed by atoms with Crippen molar-refractivity contribution < 1.29 is 18.2 Å². The number of aliphatic imine (C=N–C) groups is 1. The summed E-state index contributed by atoms with van der Waals surface area (Å²) in [5, 5.41) is 10.8. The predicted octanol–water partition coefficient (Wildman–Crippen LogP) is 0.908. The second kappa shape index (κ2) is 7.64. The molecule has 0 aliphatic rings. The molecule has 1 rings (SSSR count). The molecule has 9 nitrogen and oxygen atoms in total. The number of hydrogen-bond donors (Lipinski definition) is 1. The van der Waals surface area contributed by atoms with Gasteiger partial charge in [-0.2, -0.15) is 0 Å². The quantitative estimate of drug-likeness (QED) is 0.452. The second-order valence-corrected chi connectivity index (χ2v) is 6.34. The van der Waals surface area contributed by atoms with E-state index < -0.39 is 14.9 Å². The molecule has 0 bridgehead atoms. The zero-order chi connectivity index (χ0) is 16.8. The van der Waals surface area contributed by atoms with Gasteiger partial charge in [0.05, 0.1) is 22.6 Å². The van der Waals surface area contributed by atoms with Gasteiger partial charge in [0.1, 0.15) is 12.4 Å². The summed E-state index contributed by atoms with van der Waals surface area (Å²) < 4.78 is 24.9. The van der Waals surface area contributed by atoms with Crippen LogP contribution in [0.5, 0.6) is 0 Å². The molecule has 0 heterocycles. The number of rotatable bonds is 7. The molecule has 1 N–H and O–H groups in total. The number of hydroxylamine groups is 1. The van der Waals surface area contributed by atoms with Crippen LogP contribution in [-0.4, -0.2) is 45.1 Å². The summed E-state index contributed by atoms with van der Waals surface area (Å²) >= 11 is 0. The van der Waals surface area contributed by atoms with Crippen LogP contribution in [0.15, 0.2) is 46.1 Å². The van der Waals surface area contributed by atoms with Gasteiger partial charge in [0.15, 0.2) is 0 Å². The molecule has 1 aromatic rings. The number of nitrogens with zero attached hydrogens (tertiary/aromatic N) is 3. The fourth-order valence-corrected chi connectivity index (χ4v) is 2.21. The minimum atomic E-state index is -3.52. The Kier molecular flexibility index (Phi) is 6.16. The number of sulfonamides is 1. The topological polar surface area (TPSA) is 114 Å². The third-order valence-electron chi connectivity index (χ3n) is 2.50. The first-order chi connectivity index (χ1) is 10.3. The summed E-state index contributed by atoms with van der Waals surface area (Å²) in [7, 11) is 0.657. The van der Waals surface area contributed by atoms with Gasteiger partial charge < -0.3 is 0 Å². The van der Waals surface area contributed by atoms with Gasteiger partial charge in [-0.15, -0.1) is 0 Å². The van der Waals surface area contributed by atoms with Gasteiger partial charge >= 0.3 is 5.70 Å². The molecule has 10 heteroatoms. The SMILES string of the molecule is CON/C=C(/C=Nc1ccc(S(=O)(=O)N(C)C)cc1)[N+](=O)[O-]. The normalized spacial score (nSPS) is 12.8. The lowest BCUT2D eigenvalue weighted by atomic mass is 10.3. The maximum Gasteiger partial charge on any atom is 0.305 e. The first-order valence-corrected chi connectivity index (χ1v) is 7.42. The lowest BCUT2D eigenvalue weighted by Gasteiger charge is -2.10. The summed E-state index contributed by atoms with van der Waals surface area (Å²) in [6.07, 6.45) is 2.07. The molecule has 22 heavy (non-hydrogen) atoms. The zero-order valence-electron chi connectivity index (χ0n) is 12.3. The Morgan fingerprint density at radius 1 is 1.36 bits per heavy atom. The molecular weight excluding hydrogens is 312 g/mol. The van der Waals surface area contributed by atoms with Crippen molar-refractivity contribution >= 4 is 21.9 Å². The second-order valence-electron chi connectivity index (χ2n) is 4.19. The van der Waals surface area contributed by atoms with E-state index in [1.165, 1.54) is 45.5 Å². The molecule has 0 amide bonds. The summed E-state index contributed by atoms with van der Waals surface area (Å²) in [6.45, 7) is 0. The van der Waals surface area contributed by atoms with Crippen molar-refractivity contribution in [3.05, 3.63) is 46.3 Å². The van der Waals surface area contributed by atoms with Gasteiger partial charge in [0.25, 0.3) is 0 Å². The Labute approximate surface area is 128 Å². The molecule has 1 aromatic carbocycles. The minimum Gasteiger partial charge on any atom is -0.280 e. The van der Waals surface area contributed by atoms with Crippen LogP contribution < -0.4 is 5.48 Å². The van der Waals surface area contributed by atoms with E-state index in [2.05, 4.69) is 15.3 Å². The minimum absolute atomic E-state index is 0.113. The van der Waals surface area contributed by atoms with E-state index in [0.717, 1.165) is 16.7 Å². The average Bonchev–Trinajstić information content (AvgIpc) is 2.47. The van der Waals surface area contributed by atoms with Crippen LogP contribution in [0.2, 0.25) is 0 Å². The van der Waals surface area contributed by atoms with Crippen molar-refractivity contribution in [3.63, 3.8) is 0 Å². The van der Waals surface area contributed by atoms with Crippen LogP contribution in [0.3, 0.4) is 0 Å². The summed E-state index contributed by atoms with van der Waals surface area (Å²) in [5.41, 5.74) is 2.29. The van der Waals surface area contributed by atoms with Crippen molar-refractivity contribution in [2.45, 2.75) is 4.90 Å². The maximum atomic E-state index is 11.9.